The van der Waals surface area contributed by atoms with Crippen molar-refractivity contribution in [3.05, 3.63) is 147 Å². The van der Waals surface area contributed by atoms with Crippen LogP contribution in [0.15, 0.2) is 97.1 Å². The van der Waals surface area contributed by atoms with Crippen molar-refractivity contribution in [1.29, 1.82) is 0 Å². The summed E-state index contributed by atoms with van der Waals surface area (Å²) in [5.41, 5.74) is 23.8. The number of nitrogens with zero attached hydrogens (tertiary/aromatic N) is 2. The third-order valence-corrected chi connectivity index (χ3v) is 17.0. The molecule has 0 atom stereocenters. The smallest absolute Gasteiger partial charge is 0.252 e. The van der Waals surface area contributed by atoms with Gasteiger partial charge in [0.05, 0.1) is 0 Å². The molecule has 5 aliphatic rings. The average Bonchev–Trinajstić information content (AvgIpc) is 3.54. The van der Waals surface area contributed by atoms with Crippen LogP contribution in [0.25, 0.3) is 11.1 Å². The van der Waals surface area contributed by atoms with Gasteiger partial charge in [-0.15, -0.1) is 0 Å². The maximum atomic E-state index is 9.20. The number of rotatable bonds is 3. The second kappa shape index (κ2) is 13.1. The van der Waals surface area contributed by atoms with E-state index in [1.54, 1.807) is 0 Å². The summed E-state index contributed by atoms with van der Waals surface area (Å²) in [6.45, 7) is 31.0. The minimum absolute atomic E-state index is 0.0203. The van der Waals surface area contributed by atoms with Crippen LogP contribution in [0.1, 0.15) is 163 Å². The predicted molar refractivity (Wildman–Crippen MR) is 277 cm³/mol. The minimum Gasteiger partial charge on any atom is -0.311 e. The second-order valence-electron chi connectivity index (χ2n) is 24.6. The Morgan fingerprint density at radius 2 is 1.00 bits per heavy atom. The van der Waals surface area contributed by atoms with Gasteiger partial charge in [0, 0.05) is 38.2 Å². The van der Waals surface area contributed by atoms with Gasteiger partial charge in [0.1, 0.15) is 0 Å². The maximum Gasteiger partial charge on any atom is 0.252 e. The molecule has 0 unspecified atom stereocenters. The average molecular weight is 844 g/mol. The maximum absolute atomic E-state index is 9.20. The number of aryl methyl sites for hydroxylation is 2. The molecule has 6 aromatic rings. The van der Waals surface area contributed by atoms with Gasteiger partial charge in [0.25, 0.3) is 6.71 Å². The third kappa shape index (κ3) is 5.77. The summed E-state index contributed by atoms with van der Waals surface area (Å²) in [6, 6.07) is 36.7. The zero-order valence-corrected chi connectivity index (χ0v) is 41.0. The lowest BCUT2D eigenvalue weighted by Crippen LogP contribution is -2.61. The number of hydrogen-bond donors (Lipinski definition) is 0. The second-order valence-corrected chi connectivity index (χ2v) is 24.6. The highest BCUT2D eigenvalue weighted by atomic mass is 15.2. The van der Waals surface area contributed by atoms with Gasteiger partial charge >= 0.3 is 0 Å². The fraction of sp³-hybridized carbons (Fsp3) is 0.410. The molecule has 0 N–H and O–H groups in total. The highest BCUT2D eigenvalue weighted by molar-refractivity contribution is 7.00. The Morgan fingerprint density at radius 3 is 1.62 bits per heavy atom. The molecule has 6 aromatic carbocycles. The summed E-state index contributed by atoms with van der Waals surface area (Å²) in [5.74, 6) is 0. The molecule has 0 bridgehead atoms. The number of fused-ring (bicyclic) bond motifs is 7. The molecule has 64 heavy (non-hydrogen) atoms. The Balaban J connectivity index is 1.29. The normalized spacial score (nSPS) is 21.4. The number of hydrogen-bond acceptors (Lipinski definition) is 2. The van der Waals surface area contributed by atoms with E-state index in [4.69, 9.17) is 0 Å². The number of anilines is 6. The van der Waals surface area contributed by atoms with Crippen molar-refractivity contribution in [2.75, 3.05) is 9.80 Å². The standard InChI is InChI=1S/C61H69BN2/c1-36-27-52-55-53(28-36)64(49-32-44-42(29-37(49)2)58(8,9)34-60(44,12)13)51-33-45-43(59(10,11)35-61(45,14)15)31-47(51)62(55)46-23-21-40(39-19-17-16-18-20-39)30-50(46)63(52)48-24-22-41-54(38(48)3)57(6,7)26-25-56(41,4)5/h16-24,27-33H,25-26,34-35H2,1-15H3/i1D3. The topological polar surface area (TPSA) is 6.48 Å². The number of benzene rings is 6. The van der Waals surface area contributed by atoms with Crippen LogP contribution in [0.2, 0.25) is 0 Å². The van der Waals surface area contributed by atoms with Gasteiger partial charge in [-0.3, -0.25) is 0 Å². The lowest BCUT2D eigenvalue weighted by atomic mass is 9.33. The Labute approximate surface area is 389 Å². The lowest BCUT2D eigenvalue weighted by molar-refractivity contribution is 0.330. The summed E-state index contributed by atoms with van der Waals surface area (Å²) < 4.78 is 27.6. The van der Waals surface area contributed by atoms with Gasteiger partial charge < -0.3 is 9.80 Å². The van der Waals surface area contributed by atoms with E-state index < -0.39 is 6.85 Å². The summed E-state index contributed by atoms with van der Waals surface area (Å²) in [4.78, 5) is 4.98. The van der Waals surface area contributed by atoms with Gasteiger partial charge in [-0.2, -0.15) is 0 Å². The molecule has 0 radical (unpaired) electrons. The molecule has 0 saturated heterocycles. The van der Waals surface area contributed by atoms with Crippen molar-refractivity contribution in [2.24, 2.45) is 0 Å². The zero-order chi connectivity index (χ0) is 47.9. The van der Waals surface area contributed by atoms with Crippen molar-refractivity contribution < 1.29 is 4.11 Å². The van der Waals surface area contributed by atoms with E-state index in [1.165, 1.54) is 60.9 Å². The van der Waals surface area contributed by atoms with E-state index in [-0.39, 0.29) is 39.2 Å². The van der Waals surface area contributed by atoms with E-state index in [9.17, 15) is 4.11 Å². The Kier molecular flexibility index (Phi) is 7.82. The highest BCUT2D eigenvalue weighted by Crippen LogP contribution is 2.56. The van der Waals surface area contributed by atoms with Crippen LogP contribution >= 0.6 is 0 Å². The van der Waals surface area contributed by atoms with E-state index in [2.05, 4.69) is 192 Å². The van der Waals surface area contributed by atoms with Crippen molar-refractivity contribution in [3.8, 4) is 11.1 Å². The highest BCUT2D eigenvalue weighted by Gasteiger charge is 2.50. The van der Waals surface area contributed by atoms with Crippen LogP contribution in [-0.2, 0) is 32.5 Å². The fourth-order valence-corrected chi connectivity index (χ4v) is 14.4. The largest absolute Gasteiger partial charge is 0.311 e. The van der Waals surface area contributed by atoms with Crippen molar-refractivity contribution >= 4 is 57.2 Å². The molecule has 0 spiro atoms. The monoisotopic (exact) mass is 844 g/mol. The first kappa shape index (κ1) is 38.3. The molecular weight excluding hydrogens is 771 g/mol. The summed E-state index contributed by atoms with van der Waals surface area (Å²) in [7, 11) is 0. The summed E-state index contributed by atoms with van der Waals surface area (Å²) >= 11 is 0. The Bertz CT molecular complexity index is 3110. The van der Waals surface area contributed by atoms with E-state index >= 15 is 0 Å². The third-order valence-electron chi connectivity index (χ3n) is 17.0. The van der Waals surface area contributed by atoms with Crippen LogP contribution in [0.5, 0.6) is 0 Å². The van der Waals surface area contributed by atoms with Gasteiger partial charge in [0.2, 0.25) is 0 Å². The molecule has 3 aliphatic carbocycles. The molecule has 2 nitrogen and oxygen atoms in total. The Hall–Kier alpha value is -5.02. The molecule has 0 aromatic heterocycles. The first-order valence-electron chi connectivity index (χ1n) is 25.6. The van der Waals surface area contributed by atoms with E-state index in [0.29, 0.717) is 5.56 Å². The molecule has 0 fully saturated rings. The van der Waals surface area contributed by atoms with Crippen LogP contribution in [-0.4, -0.2) is 6.71 Å². The molecule has 11 rings (SSSR count). The quantitative estimate of drug-likeness (QED) is 0.164. The molecule has 3 heteroatoms. The van der Waals surface area contributed by atoms with E-state index in [0.717, 1.165) is 70.9 Å². The lowest BCUT2D eigenvalue weighted by Gasteiger charge is -2.47. The van der Waals surface area contributed by atoms with Crippen molar-refractivity contribution in [3.63, 3.8) is 0 Å². The first-order valence-corrected chi connectivity index (χ1v) is 24.1. The molecule has 2 heterocycles. The predicted octanol–water partition coefficient (Wildman–Crippen LogP) is 14.6. The molecule has 326 valence electrons. The first-order chi connectivity index (χ1) is 31.1. The van der Waals surface area contributed by atoms with Crippen LogP contribution in [0, 0.1) is 20.7 Å². The van der Waals surface area contributed by atoms with E-state index in [1.807, 2.05) is 12.1 Å². The fourth-order valence-electron chi connectivity index (χ4n) is 14.4. The van der Waals surface area contributed by atoms with Crippen molar-refractivity contribution in [1.82, 2.24) is 0 Å². The van der Waals surface area contributed by atoms with Crippen LogP contribution in [0.4, 0.5) is 34.1 Å². The SMILES string of the molecule is [2H]C([2H])([2H])c1cc2c3c(c1)N(c1ccc4c(c1C)C(C)(C)CCC4(C)C)c1cc(-c4ccccc4)ccc1B3c1cc3c(cc1N2c1cc2c(cc1C)C(C)(C)CC2(C)C)C(C)(C)CC3(C)C. The van der Waals surface area contributed by atoms with Crippen molar-refractivity contribution in [2.45, 2.75) is 162 Å². The van der Waals surface area contributed by atoms with Gasteiger partial charge in [-0.1, -0.05) is 144 Å². The van der Waals surface area contributed by atoms with Gasteiger partial charge in [-0.05, 0) is 193 Å². The Morgan fingerprint density at radius 1 is 0.453 bits per heavy atom. The minimum atomic E-state index is -2.36. The van der Waals surface area contributed by atoms with Crippen LogP contribution < -0.4 is 26.2 Å². The molecule has 0 saturated carbocycles. The molecule has 2 aliphatic heterocycles. The summed E-state index contributed by atoms with van der Waals surface area (Å²) in [6.07, 6.45) is 4.37. The molecule has 0 amide bonds. The summed E-state index contributed by atoms with van der Waals surface area (Å²) in [5, 5.41) is 0. The zero-order valence-electron chi connectivity index (χ0n) is 44.0. The van der Waals surface area contributed by atoms with Crippen LogP contribution in [0.3, 0.4) is 0 Å². The molecular formula is C61H69BN2. The van der Waals surface area contributed by atoms with Gasteiger partial charge in [0.15, 0.2) is 0 Å². The van der Waals surface area contributed by atoms with Gasteiger partial charge in [-0.25, -0.2) is 0 Å².